The Labute approximate surface area is 137 Å². The second kappa shape index (κ2) is 7.83. The highest BCUT2D eigenvalue weighted by Gasteiger charge is 2.24. The molecule has 5 heteroatoms. The van der Waals surface area contributed by atoms with Crippen molar-refractivity contribution in [3.05, 3.63) is 54.5 Å². The second-order valence-electron chi connectivity index (χ2n) is 5.84. The van der Waals surface area contributed by atoms with E-state index in [1.54, 1.807) is 6.26 Å². The second-order valence-corrected chi connectivity index (χ2v) is 5.84. The number of guanidine groups is 1. The van der Waals surface area contributed by atoms with Gasteiger partial charge in [0.25, 0.3) is 0 Å². The summed E-state index contributed by atoms with van der Waals surface area (Å²) in [7, 11) is 0. The van der Waals surface area contributed by atoms with Crippen LogP contribution in [0.3, 0.4) is 0 Å². The predicted octanol–water partition coefficient (Wildman–Crippen LogP) is 3.23. The molecule has 0 saturated carbocycles. The summed E-state index contributed by atoms with van der Waals surface area (Å²) in [6, 6.07) is 14.0. The van der Waals surface area contributed by atoms with Crippen LogP contribution in [0.2, 0.25) is 0 Å². The Morgan fingerprint density at radius 2 is 1.91 bits per heavy atom. The number of nitrogens with two attached hydrogens (primary N) is 1. The maximum atomic E-state index is 6.03. The van der Waals surface area contributed by atoms with Crippen molar-refractivity contribution in [3.8, 4) is 0 Å². The molecule has 1 aromatic carbocycles. The zero-order chi connectivity index (χ0) is 15.9. The molecule has 2 heterocycles. The maximum Gasteiger partial charge on any atom is 0.193 e. The molecule has 1 atom stereocenters. The van der Waals surface area contributed by atoms with Crippen LogP contribution in [0.1, 0.15) is 31.1 Å². The summed E-state index contributed by atoms with van der Waals surface area (Å²) in [5, 5.41) is 3.12. The van der Waals surface area contributed by atoms with Gasteiger partial charge in [-0.1, -0.05) is 24.6 Å². The molecular formula is C18H24N4O. The third kappa shape index (κ3) is 4.36. The van der Waals surface area contributed by atoms with Gasteiger partial charge in [-0.2, -0.15) is 0 Å². The number of benzene rings is 1. The van der Waals surface area contributed by atoms with Gasteiger partial charge in [-0.3, -0.25) is 9.89 Å². The Hall–Kier alpha value is -2.27. The van der Waals surface area contributed by atoms with Gasteiger partial charge in [0.1, 0.15) is 5.76 Å². The predicted molar refractivity (Wildman–Crippen MR) is 93.4 cm³/mol. The van der Waals surface area contributed by atoms with Crippen LogP contribution in [-0.2, 0) is 0 Å². The smallest absolute Gasteiger partial charge is 0.193 e. The molecule has 1 aliphatic rings. The first-order chi connectivity index (χ1) is 11.3. The number of anilines is 1. The van der Waals surface area contributed by atoms with E-state index in [9.17, 15) is 0 Å². The number of nitrogens with zero attached hydrogens (tertiary/aromatic N) is 2. The number of likely N-dealkylation sites (tertiary alicyclic amines) is 1. The fraction of sp³-hybridized carbons (Fsp3) is 0.389. The van der Waals surface area contributed by atoms with Crippen LogP contribution in [0, 0.1) is 0 Å². The van der Waals surface area contributed by atoms with Gasteiger partial charge in [0.15, 0.2) is 5.96 Å². The van der Waals surface area contributed by atoms with Crippen molar-refractivity contribution in [2.45, 2.75) is 25.3 Å². The highest BCUT2D eigenvalue weighted by Crippen LogP contribution is 2.25. The largest absolute Gasteiger partial charge is 0.468 e. The Balaban J connectivity index is 1.67. The van der Waals surface area contributed by atoms with Gasteiger partial charge in [-0.05, 0) is 50.2 Å². The van der Waals surface area contributed by atoms with E-state index in [4.69, 9.17) is 10.2 Å². The molecular weight excluding hydrogens is 288 g/mol. The lowest BCUT2D eigenvalue weighted by molar-refractivity contribution is 0.150. The average molecular weight is 312 g/mol. The van der Waals surface area contributed by atoms with E-state index < -0.39 is 0 Å². The highest BCUT2D eigenvalue weighted by atomic mass is 16.3. The zero-order valence-corrected chi connectivity index (χ0v) is 13.3. The van der Waals surface area contributed by atoms with E-state index in [0.29, 0.717) is 12.5 Å². The van der Waals surface area contributed by atoms with E-state index in [1.165, 1.54) is 19.3 Å². The van der Waals surface area contributed by atoms with E-state index in [2.05, 4.69) is 15.2 Å². The van der Waals surface area contributed by atoms with Crippen LogP contribution < -0.4 is 11.1 Å². The lowest BCUT2D eigenvalue weighted by atomic mass is 10.1. The summed E-state index contributed by atoms with van der Waals surface area (Å²) in [5.74, 6) is 1.40. The number of hydrogen-bond donors (Lipinski definition) is 2. The lowest BCUT2D eigenvalue weighted by Crippen LogP contribution is -2.36. The summed E-state index contributed by atoms with van der Waals surface area (Å²) in [6.07, 6.45) is 5.50. The van der Waals surface area contributed by atoms with Crippen LogP contribution in [0.25, 0.3) is 0 Å². The number of rotatable bonds is 5. The number of aliphatic imine (C=N–C) groups is 1. The summed E-state index contributed by atoms with van der Waals surface area (Å²) >= 11 is 0. The summed E-state index contributed by atoms with van der Waals surface area (Å²) in [4.78, 5) is 6.98. The third-order valence-corrected chi connectivity index (χ3v) is 4.18. The van der Waals surface area contributed by atoms with E-state index in [1.807, 2.05) is 42.5 Å². The van der Waals surface area contributed by atoms with E-state index >= 15 is 0 Å². The molecule has 2 aromatic rings. The van der Waals surface area contributed by atoms with Gasteiger partial charge >= 0.3 is 0 Å². The van der Waals surface area contributed by atoms with Crippen molar-refractivity contribution in [1.82, 2.24) is 4.90 Å². The topological polar surface area (TPSA) is 66.8 Å². The summed E-state index contributed by atoms with van der Waals surface area (Å²) in [5.41, 5.74) is 6.97. The van der Waals surface area contributed by atoms with Crippen molar-refractivity contribution in [3.63, 3.8) is 0 Å². The first-order valence-corrected chi connectivity index (χ1v) is 8.22. The number of hydrogen-bond acceptors (Lipinski definition) is 3. The molecule has 5 nitrogen and oxygen atoms in total. The lowest BCUT2D eigenvalue weighted by Gasteiger charge is -2.32. The van der Waals surface area contributed by atoms with Gasteiger partial charge in [-0.15, -0.1) is 0 Å². The molecule has 0 amide bonds. The molecule has 0 spiro atoms. The normalized spacial score (nSPS) is 17.8. The zero-order valence-electron chi connectivity index (χ0n) is 13.3. The third-order valence-electron chi connectivity index (χ3n) is 4.18. The van der Waals surface area contributed by atoms with Gasteiger partial charge in [-0.25, -0.2) is 0 Å². The first-order valence-electron chi connectivity index (χ1n) is 8.22. The number of para-hydroxylation sites is 1. The monoisotopic (exact) mass is 312 g/mol. The SMILES string of the molecule is NC(=NCC(c1ccco1)N1CCCCC1)Nc1ccccc1. The minimum absolute atomic E-state index is 0.154. The van der Waals surface area contributed by atoms with Crippen LogP contribution >= 0.6 is 0 Å². The highest BCUT2D eigenvalue weighted by molar-refractivity contribution is 5.92. The van der Waals surface area contributed by atoms with Gasteiger partial charge < -0.3 is 15.5 Å². The summed E-state index contributed by atoms with van der Waals surface area (Å²) in [6.45, 7) is 2.78. The van der Waals surface area contributed by atoms with Crippen molar-refractivity contribution in [1.29, 1.82) is 0 Å². The Morgan fingerprint density at radius 1 is 1.13 bits per heavy atom. The molecule has 1 unspecified atom stereocenters. The Kier molecular flexibility index (Phi) is 5.32. The Morgan fingerprint density at radius 3 is 2.61 bits per heavy atom. The van der Waals surface area contributed by atoms with Crippen molar-refractivity contribution >= 4 is 11.6 Å². The molecule has 1 aromatic heterocycles. The molecule has 3 rings (SSSR count). The van der Waals surface area contributed by atoms with Crippen LogP contribution in [0.4, 0.5) is 5.69 Å². The average Bonchev–Trinajstić information content (AvgIpc) is 3.11. The van der Waals surface area contributed by atoms with Crippen LogP contribution in [0.15, 0.2) is 58.1 Å². The maximum absolute atomic E-state index is 6.03. The van der Waals surface area contributed by atoms with Gasteiger partial charge in [0.05, 0.1) is 18.8 Å². The molecule has 23 heavy (non-hydrogen) atoms. The fourth-order valence-corrected chi connectivity index (χ4v) is 2.99. The van der Waals surface area contributed by atoms with E-state index in [-0.39, 0.29) is 6.04 Å². The molecule has 0 aliphatic carbocycles. The molecule has 1 aliphatic heterocycles. The fourth-order valence-electron chi connectivity index (χ4n) is 2.99. The van der Waals surface area contributed by atoms with Crippen LogP contribution in [-0.4, -0.2) is 30.5 Å². The Bertz CT molecular complexity index is 603. The minimum Gasteiger partial charge on any atom is -0.468 e. The number of furan rings is 1. The molecule has 3 N–H and O–H groups in total. The molecule has 1 saturated heterocycles. The van der Waals surface area contributed by atoms with E-state index in [0.717, 1.165) is 24.5 Å². The van der Waals surface area contributed by atoms with Gasteiger partial charge in [0, 0.05) is 5.69 Å². The number of piperidine rings is 1. The first kappa shape index (κ1) is 15.6. The molecule has 0 radical (unpaired) electrons. The van der Waals surface area contributed by atoms with Crippen LogP contribution in [0.5, 0.6) is 0 Å². The molecule has 1 fully saturated rings. The van der Waals surface area contributed by atoms with Crippen molar-refractivity contribution in [2.75, 3.05) is 25.0 Å². The van der Waals surface area contributed by atoms with Gasteiger partial charge in [0.2, 0.25) is 0 Å². The summed E-state index contributed by atoms with van der Waals surface area (Å²) < 4.78 is 5.63. The quantitative estimate of drug-likeness (QED) is 0.657. The molecule has 0 bridgehead atoms. The number of nitrogens with one attached hydrogen (secondary N) is 1. The molecule has 122 valence electrons. The van der Waals surface area contributed by atoms with Crippen molar-refractivity contribution < 1.29 is 4.42 Å². The minimum atomic E-state index is 0.154. The van der Waals surface area contributed by atoms with Crippen molar-refractivity contribution in [2.24, 2.45) is 10.7 Å². The standard InChI is InChI=1S/C18H24N4O/c19-18(21-15-8-3-1-4-9-15)20-14-16(17-10-7-13-23-17)22-11-5-2-6-12-22/h1,3-4,7-10,13,16H,2,5-6,11-12,14H2,(H3,19,20,21).